The number of hydrogen-bond donors (Lipinski definition) is 0. The molecule has 2 aromatic carbocycles. The first-order valence-corrected chi connectivity index (χ1v) is 11.6. The van der Waals surface area contributed by atoms with Crippen LogP contribution in [0, 0.1) is 12.7 Å². The van der Waals surface area contributed by atoms with Crippen molar-refractivity contribution in [2.24, 2.45) is 0 Å². The van der Waals surface area contributed by atoms with E-state index in [9.17, 15) is 17.6 Å². The SMILES string of the molecule is CCN(CC)S(=O)(=O)c1ccc(C)c(C(=O)N2CCN(c3ccccc3F)CC2)c1. The van der Waals surface area contributed by atoms with Crippen molar-refractivity contribution < 1.29 is 17.6 Å². The second kappa shape index (κ2) is 9.14. The van der Waals surface area contributed by atoms with Crippen molar-refractivity contribution in [1.29, 1.82) is 0 Å². The summed E-state index contributed by atoms with van der Waals surface area (Å²) >= 11 is 0. The number of carbonyl (C=O) groups is 1. The summed E-state index contributed by atoms with van der Waals surface area (Å²) in [6, 6.07) is 11.3. The van der Waals surface area contributed by atoms with Gasteiger partial charge in [-0.2, -0.15) is 4.31 Å². The first-order chi connectivity index (χ1) is 14.3. The highest BCUT2D eigenvalue weighted by Crippen LogP contribution is 2.23. The van der Waals surface area contributed by atoms with E-state index >= 15 is 0 Å². The third-order valence-corrected chi connectivity index (χ3v) is 7.59. The monoisotopic (exact) mass is 433 g/mol. The summed E-state index contributed by atoms with van der Waals surface area (Å²) in [5.74, 6) is -0.472. The molecule has 1 fully saturated rings. The van der Waals surface area contributed by atoms with Gasteiger partial charge in [0.2, 0.25) is 10.0 Å². The highest BCUT2D eigenvalue weighted by atomic mass is 32.2. The number of carbonyl (C=O) groups excluding carboxylic acids is 1. The fourth-order valence-electron chi connectivity index (χ4n) is 3.73. The molecule has 0 radical (unpaired) electrons. The van der Waals surface area contributed by atoms with Gasteiger partial charge >= 0.3 is 0 Å². The Morgan fingerprint density at radius 1 is 1.03 bits per heavy atom. The Labute approximate surface area is 177 Å². The van der Waals surface area contributed by atoms with Crippen LogP contribution >= 0.6 is 0 Å². The summed E-state index contributed by atoms with van der Waals surface area (Å²) in [6.45, 7) is 8.04. The first-order valence-electron chi connectivity index (χ1n) is 10.2. The molecule has 1 amide bonds. The maximum Gasteiger partial charge on any atom is 0.254 e. The third kappa shape index (κ3) is 4.34. The number of anilines is 1. The summed E-state index contributed by atoms with van der Waals surface area (Å²) < 4.78 is 41.1. The molecule has 0 N–H and O–H groups in total. The average Bonchev–Trinajstić information content (AvgIpc) is 2.74. The zero-order valence-corrected chi connectivity index (χ0v) is 18.5. The van der Waals surface area contributed by atoms with E-state index in [-0.39, 0.29) is 16.6 Å². The molecule has 2 aromatic rings. The fraction of sp³-hybridized carbons (Fsp3) is 0.409. The molecule has 3 rings (SSSR count). The number of rotatable bonds is 6. The van der Waals surface area contributed by atoms with E-state index in [1.165, 1.54) is 16.4 Å². The molecule has 0 saturated carbocycles. The van der Waals surface area contributed by atoms with Gasteiger partial charge in [-0.1, -0.05) is 32.0 Å². The molecule has 0 spiro atoms. The number of aryl methyl sites for hydroxylation is 1. The van der Waals surface area contributed by atoms with Gasteiger partial charge in [0.05, 0.1) is 10.6 Å². The van der Waals surface area contributed by atoms with E-state index in [1.54, 1.807) is 56.0 Å². The predicted octanol–water partition coefficient (Wildman–Crippen LogP) is 3.13. The Kier molecular flexibility index (Phi) is 6.77. The van der Waals surface area contributed by atoms with Crippen molar-refractivity contribution in [1.82, 2.24) is 9.21 Å². The lowest BCUT2D eigenvalue weighted by molar-refractivity contribution is 0.0745. The molecule has 30 heavy (non-hydrogen) atoms. The molecule has 162 valence electrons. The highest BCUT2D eigenvalue weighted by molar-refractivity contribution is 7.89. The Morgan fingerprint density at radius 2 is 1.67 bits per heavy atom. The summed E-state index contributed by atoms with van der Waals surface area (Å²) in [5.41, 5.74) is 1.66. The Balaban J connectivity index is 1.79. The number of amides is 1. The first kappa shape index (κ1) is 22.2. The Bertz CT molecular complexity index is 1010. The van der Waals surface area contributed by atoms with Gasteiger partial charge in [0.15, 0.2) is 0 Å². The fourth-order valence-corrected chi connectivity index (χ4v) is 5.22. The van der Waals surface area contributed by atoms with Gasteiger partial charge < -0.3 is 9.80 Å². The van der Waals surface area contributed by atoms with Gasteiger partial charge in [0.1, 0.15) is 5.82 Å². The normalized spacial score (nSPS) is 15.0. The van der Waals surface area contributed by atoms with Crippen LogP contribution in [0.3, 0.4) is 0 Å². The van der Waals surface area contributed by atoms with Crippen molar-refractivity contribution in [3.05, 3.63) is 59.4 Å². The van der Waals surface area contributed by atoms with Crippen LogP contribution in [0.25, 0.3) is 0 Å². The van der Waals surface area contributed by atoms with Crippen LogP contribution in [0.2, 0.25) is 0 Å². The molecular formula is C22H28FN3O3S. The number of piperazine rings is 1. The van der Waals surface area contributed by atoms with Crippen molar-refractivity contribution in [3.8, 4) is 0 Å². The molecule has 0 aliphatic carbocycles. The highest BCUT2D eigenvalue weighted by Gasteiger charge is 2.27. The number of hydrogen-bond acceptors (Lipinski definition) is 4. The molecule has 0 unspecified atom stereocenters. The number of para-hydroxylation sites is 1. The topological polar surface area (TPSA) is 60.9 Å². The van der Waals surface area contributed by atoms with Gasteiger partial charge in [-0.05, 0) is 36.8 Å². The smallest absolute Gasteiger partial charge is 0.254 e. The maximum absolute atomic E-state index is 14.0. The predicted molar refractivity (Wildman–Crippen MR) is 116 cm³/mol. The van der Waals surface area contributed by atoms with E-state index in [4.69, 9.17) is 0 Å². The van der Waals surface area contributed by atoms with E-state index in [2.05, 4.69) is 0 Å². The number of sulfonamides is 1. The van der Waals surface area contributed by atoms with Crippen LogP contribution in [-0.4, -0.2) is 62.8 Å². The molecule has 0 aromatic heterocycles. The molecule has 1 heterocycles. The minimum absolute atomic E-state index is 0.130. The van der Waals surface area contributed by atoms with Crippen molar-refractivity contribution >= 4 is 21.6 Å². The molecule has 8 heteroatoms. The van der Waals surface area contributed by atoms with Crippen LogP contribution in [-0.2, 0) is 10.0 Å². The van der Waals surface area contributed by atoms with Gasteiger partial charge in [-0.25, -0.2) is 12.8 Å². The minimum Gasteiger partial charge on any atom is -0.366 e. The van der Waals surface area contributed by atoms with Crippen LogP contribution in [0.15, 0.2) is 47.4 Å². The van der Waals surface area contributed by atoms with Crippen LogP contribution in [0.5, 0.6) is 0 Å². The molecule has 0 atom stereocenters. The lowest BCUT2D eigenvalue weighted by Gasteiger charge is -2.36. The Morgan fingerprint density at radius 3 is 2.27 bits per heavy atom. The maximum atomic E-state index is 14.0. The molecule has 1 aliphatic rings. The quantitative estimate of drug-likeness (QED) is 0.702. The summed E-state index contributed by atoms with van der Waals surface area (Å²) in [6.07, 6.45) is 0. The Hall–Kier alpha value is -2.45. The van der Waals surface area contributed by atoms with Gasteiger partial charge in [0, 0.05) is 44.8 Å². The third-order valence-electron chi connectivity index (χ3n) is 5.54. The summed E-state index contributed by atoms with van der Waals surface area (Å²) in [5, 5.41) is 0. The standard InChI is InChI=1S/C22H28FN3O3S/c1-4-26(5-2)30(28,29)18-11-10-17(3)19(16-18)22(27)25-14-12-24(13-15-25)21-9-7-6-8-20(21)23/h6-11,16H,4-5,12-15H2,1-3H3. The van der Waals surface area contributed by atoms with Crippen molar-refractivity contribution in [2.45, 2.75) is 25.7 Å². The molecular weight excluding hydrogens is 405 g/mol. The zero-order valence-electron chi connectivity index (χ0n) is 17.6. The lowest BCUT2D eigenvalue weighted by Crippen LogP contribution is -2.49. The minimum atomic E-state index is -3.64. The molecule has 1 aliphatic heterocycles. The summed E-state index contributed by atoms with van der Waals surface area (Å²) in [7, 11) is -3.64. The average molecular weight is 434 g/mol. The summed E-state index contributed by atoms with van der Waals surface area (Å²) in [4.78, 5) is 16.9. The van der Waals surface area contributed by atoms with Crippen LogP contribution in [0.1, 0.15) is 29.8 Å². The zero-order chi connectivity index (χ0) is 21.9. The second-order valence-electron chi connectivity index (χ2n) is 7.30. The van der Waals surface area contributed by atoms with Crippen LogP contribution in [0.4, 0.5) is 10.1 Å². The number of benzene rings is 2. The van der Waals surface area contributed by atoms with Crippen LogP contribution < -0.4 is 4.90 Å². The number of nitrogens with zero attached hydrogens (tertiary/aromatic N) is 3. The van der Waals surface area contributed by atoms with E-state index in [1.807, 2.05) is 4.90 Å². The van der Waals surface area contributed by atoms with E-state index in [0.717, 1.165) is 5.56 Å². The largest absolute Gasteiger partial charge is 0.366 e. The van der Waals surface area contributed by atoms with Gasteiger partial charge in [-0.15, -0.1) is 0 Å². The van der Waals surface area contributed by atoms with Gasteiger partial charge in [-0.3, -0.25) is 4.79 Å². The van der Waals surface area contributed by atoms with Gasteiger partial charge in [0.25, 0.3) is 5.91 Å². The second-order valence-corrected chi connectivity index (χ2v) is 9.23. The molecule has 6 nitrogen and oxygen atoms in total. The van der Waals surface area contributed by atoms with Crippen molar-refractivity contribution in [3.63, 3.8) is 0 Å². The lowest BCUT2D eigenvalue weighted by atomic mass is 10.1. The van der Waals surface area contributed by atoms with E-state index in [0.29, 0.717) is 50.5 Å². The van der Waals surface area contributed by atoms with E-state index < -0.39 is 10.0 Å². The number of halogens is 1. The molecule has 0 bridgehead atoms. The molecule has 1 saturated heterocycles. The van der Waals surface area contributed by atoms with Crippen molar-refractivity contribution in [2.75, 3.05) is 44.2 Å².